The summed E-state index contributed by atoms with van der Waals surface area (Å²) in [6.07, 6.45) is 4.73. The lowest BCUT2D eigenvalue weighted by Crippen LogP contribution is -2.06. The molecule has 0 spiro atoms. The van der Waals surface area contributed by atoms with Crippen molar-refractivity contribution in [2.24, 2.45) is 5.92 Å². The largest absolute Gasteiger partial charge is 0.396 e. The molecule has 0 aliphatic heterocycles. The van der Waals surface area contributed by atoms with Gasteiger partial charge >= 0.3 is 0 Å². The van der Waals surface area contributed by atoms with E-state index in [0.29, 0.717) is 0 Å². The summed E-state index contributed by atoms with van der Waals surface area (Å²) in [6.45, 7) is 2.09. The van der Waals surface area contributed by atoms with Crippen molar-refractivity contribution in [3.63, 3.8) is 0 Å². The molecule has 0 aliphatic rings. The summed E-state index contributed by atoms with van der Waals surface area (Å²) in [7, 11) is 0. The van der Waals surface area contributed by atoms with E-state index in [0.717, 1.165) is 6.42 Å². The molecule has 2 heteroatoms. The monoisotopic (exact) mass is 130 g/mol. The molecule has 0 aromatic rings. The van der Waals surface area contributed by atoms with Gasteiger partial charge in [0.15, 0.2) is 0 Å². The Labute approximate surface area is 55.8 Å². The fraction of sp³-hybridized carbons (Fsp3) is 0.714. The van der Waals surface area contributed by atoms with Crippen LogP contribution in [0.25, 0.3) is 0 Å². The zero-order chi connectivity index (χ0) is 7.11. The molecular weight excluding hydrogens is 116 g/mol. The second-order valence-electron chi connectivity index (χ2n) is 1.96. The summed E-state index contributed by atoms with van der Waals surface area (Å²) in [5.74, 6) is -0.0649. The third kappa shape index (κ3) is 4.18. The summed E-state index contributed by atoms with van der Waals surface area (Å²) in [6, 6.07) is 0. The molecule has 0 aromatic heterocycles. The van der Waals surface area contributed by atoms with Crippen LogP contribution in [0.15, 0.2) is 12.2 Å². The van der Waals surface area contributed by atoms with Crippen LogP contribution in [0, 0.1) is 5.92 Å². The van der Waals surface area contributed by atoms with E-state index in [9.17, 15) is 0 Å². The predicted octanol–water partition coefficient (Wildman–Crippen LogP) is 0.553. The molecule has 9 heavy (non-hydrogen) atoms. The molecule has 0 aromatic carbocycles. The van der Waals surface area contributed by atoms with Crippen molar-refractivity contribution in [3.05, 3.63) is 12.2 Å². The van der Waals surface area contributed by atoms with Crippen molar-refractivity contribution in [1.82, 2.24) is 0 Å². The van der Waals surface area contributed by atoms with Crippen molar-refractivity contribution < 1.29 is 10.2 Å². The van der Waals surface area contributed by atoms with E-state index in [-0.39, 0.29) is 19.1 Å². The Morgan fingerprint density at radius 1 is 1.33 bits per heavy atom. The Bertz CT molecular complexity index is 75.0. The number of aliphatic hydroxyl groups is 2. The molecule has 2 nitrogen and oxygen atoms in total. The van der Waals surface area contributed by atoms with Gasteiger partial charge in [-0.15, -0.1) is 0 Å². The summed E-state index contributed by atoms with van der Waals surface area (Å²) >= 11 is 0. The van der Waals surface area contributed by atoms with E-state index in [2.05, 4.69) is 0 Å². The fourth-order valence-corrected chi connectivity index (χ4v) is 0.508. The normalized spacial score (nSPS) is 11.6. The molecular formula is C7H14O2. The zero-order valence-electron chi connectivity index (χ0n) is 5.75. The van der Waals surface area contributed by atoms with Crippen LogP contribution in [0.2, 0.25) is 0 Å². The smallest absolute Gasteiger partial charge is 0.0515 e. The van der Waals surface area contributed by atoms with Crippen LogP contribution >= 0.6 is 0 Å². The Balaban J connectivity index is 3.41. The minimum atomic E-state index is -0.0649. The Hall–Kier alpha value is -0.340. The fourth-order valence-electron chi connectivity index (χ4n) is 0.508. The molecule has 0 fully saturated rings. The quantitative estimate of drug-likeness (QED) is 0.546. The van der Waals surface area contributed by atoms with Crippen molar-refractivity contribution >= 4 is 0 Å². The van der Waals surface area contributed by atoms with Gasteiger partial charge in [0.05, 0.1) is 13.2 Å². The van der Waals surface area contributed by atoms with Crippen molar-refractivity contribution in [2.45, 2.75) is 13.3 Å². The van der Waals surface area contributed by atoms with Crippen molar-refractivity contribution in [3.8, 4) is 0 Å². The molecule has 0 amide bonds. The number of rotatable bonds is 4. The summed E-state index contributed by atoms with van der Waals surface area (Å²) in [5.41, 5.74) is 0. The summed E-state index contributed by atoms with van der Waals surface area (Å²) in [4.78, 5) is 0. The maximum Gasteiger partial charge on any atom is 0.0515 e. The second-order valence-corrected chi connectivity index (χ2v) is 1.96. The van der Waals surface area contributed by atoms with Gasteiger partial charge < -0.3 is 10.2 Å². The SMILES string of the molecule is CCC=CC(CO)CO. The maximum absolute atomic E-state index is 8.54. The number of hydrogen-bond donors (Lipinski definition) is 2. The molecule has 2 N–H and O–H groups in total. The number of hydrogen-bond acceptors (Lipinski definition) is 2. The summed E-state index contributed by atoms with van der Waals surface area (Å²) in [5, 5.41) is 17.1. The van der Waals surface area contributed by atoms with Gasteiger partial charge in [0.1, 0.15) is 0 Å². The molecule has 0 rings (SSSR count). The standard InChI is InChI=1S/C7H14O2/c1-2-3-4-7(5-8)6-9/h3-4,7-9H,2,5-6H2,1H3. The molecule has 0 atom stereocenters. The third-order valence-electron chi connectivity index (χ3n) is 1.11. The van der Waals surface area contributed by atoms with Gasteiger partial charge in [0, 0.05) is 5.92 Å². The van der Waals surface area contributed by atoms with Gasteiger partial charge in [0.2, 0.25) is 0 Å². The first-order valence-corrected chi connectivity index (χ1v) is 3.23. The van der Waals surface area contributed by atoms with Gasteiger partial charge in [-0.25, -0.2) is 0 Å². The molecule has 0 heterocycles. The van der Waals surface area contributed by atoms with E-state index < -0.39 is 0 Å². The highest BCUT2D eigenvalue weighted by atomic mass is 16.3. The first-order chi connectivity index (χ1) is 4.35. The highest BCUT2D eigenvalue weighted by Crippen LogP contribution is 1.95. The first kappa shape index (κ1) is 8.66. The highest BCUT2D eigenvalue weighted by molar-refractivity contribution is 4.86. The molecule has 0 unspecified atom stereocenters. The number of aliphatic hydroxyl groups excluding tert-OH is 2. The van der Waals surface area contributed by atoms with Gasteiger partial charge in [0.25, 0.3) is 0 Å². The van der Waals surface area contributed by atoms with E-state index in [1.54, 1.807) is 0 Å². The highest BCUT2D eigenvalue weighted by Gasteiger charge is 1.97. The molecule has 0 bridgehead atoms. The lowest BCUT2D eigenvalue weighted by molar-refractivity contribution is 0.177. The second kappa shape index (κ2) is 5.79. The zero-order valence-corrected chi connectivity index (χ0v) is 5.75. The molecule has 0 radical (unpaired) electrons. The predicted molar refractivity (Wildman–Crippen MR) is 37.1 cm³/mol. The Kier molecular flexibility index (Phi) is 5.57. The van der Waals surface area contributed by atoms with Crippen molar-refractivity contribution in [2.75, 3.05) is 13.2 Å². The molecule has 0 aliphatic carbocycles. The lowest BCUT2D eigenvalue weighted by Gasteiger charge is -2.01. The van der Waals surface area contributed by atoms with Gasteiger partial charge in [-0.1, -0.05) is 19.1 Å². The molecule has 0 saturated heterocycles. The topological polar surface area (TPSA) is 40.5 Å². The molecule has 54 valence electrons. The van der Waals surface area contributed by atoms with E-state index in [1.165, 1.54) is 0 Å². The van der Waals surface area contributed by atoms with Crippen LogP contribution in [-0.2, 0) is 0 Å². The average Bonchev–Trinajstić information content (AvgIpc) is 1.91. The average molecular weight is 130 g/mol. The molecule has 0 saturated carbocycles. The summed E-state index contributed by atoms with van der Waals surface area (Å²) < 4.78 is 0. The van der Waals surface area contributed by atoms with Crippen molar-refractivity contribution in [1.29, 1.82) is 0 Å². The number of allylic oxidation sites excluding steroid dienone is 1. The lowest BCUT2D eigenvalue weighted by atomic mass is 10.1. The van der Waals surface area contributed by atoms with E-state index in [1.807, 2.05) is 19.1 Å². The van der Waals surface area contributed by atoms with Crippen LogP contribution in [0.4, 0.5) is 0 Å². The minimum absolute atomic E-state index is 0.0347. The van der Waals surface area contributed by atoms with Gasteiger partial charge in [-0.2, -0.15) is 0 Å². The van der Waals surface area contributed by atoms with Crippen LogP contribution in [0.1, 0.15) is 13.3 Å². The van der Waals surface area contributed by atoms with Gasteiger partial charge in [-0.3, -0.25) is 0 Å². The van der Waals surface area contributed by atoms with Crippen LogP contribution in [0.5, 0.6) is 0 Å². The maximum atomic E-state index is 8.54. The van der Waals surface area contributed by atoms with Crippen LogP contribution < -0.4 is 0 Å². The Morgan fingerprint density at radius 2 is 1.89 bits per heavy atom. The van der Waals surface area contributed by atoms with Gasteiger partial charge in [-0.05, 0) is 6.42 Å². The van der Waals surface area contributed by atoms with E-state index in [4.69, 9.17) is 10.2 Å². The minimum Gasteiger partial charge on any atom is -0.396 e. The Morgan fingerprint density at radius 3 is 2.22 bits per heavy atom. The first-order valence-electron chi connectivity index (χ1n) is 3.23. The van der Waals surface area contributed by atoms with E-state index >= 15 is 0 Å². The third-order valence-corrected chi connectivity index (χ3v) is 1.11. The van der Waals surface area contributed by atoms with Crippen LogP contribution in [0.3, 0.4) is 0 Å². The van der Waals surface area contributed by atoms with Crippen LogP contribution in [-0.4, -0.2) is 23.4 Å².